The Hall–Kier alpha value is -2.81. The average molecular weight is 303 g/mol. The normalized spacial score (nSPS) is 9.45. The topological polar surface area (TPSA) is 81.7 Å². The molecule has 116 valence electrons. The van der Waals surface area contributed by atoms with Crippen LogP contribution < -0.4 is 10.1 Å². The van der Waals surface area contributed by atoms with Crippen molar-refractivity contribution in [3.63, 3.8) is 0 Å². The highest BCUT2D eigenvalue weighted by atomic mass is 16.6. The number of nitrogens with one attached hydrogen (secondary N) is 1. The zero-order valence-electron chi connectivity index (χ0n) is 12.3. The molecule has 0 radical (unpaired) electrons. The Morgan fingerprint density at radius 2 is 1.86 bits per heavy atom. The summed E-state index contributed by atoms with van der Waals surface area (Å²) in [6.07, 6.45) is 5.39. The van der Waals surface area contributed by atoms with Crippen LogP contribution in [0.25, 0.3) is 0 Å². The first kappa shape index (κ1) is 17.2. The molecule has 0 saturated heterocycles. The van der Waals surface area contributed by atoms with Gasteiger partial charge in [-0.2, -0.15) is 0 Å². The molecule has 6 heteroatoms. The Labute approximate surface area is 128 Å². The van der Waals surface area contributed by atoms with Crippen molar-refractivity contribution in [1.82, 2.24) is 5.32 Å². The van der Waals surface area contributed by atoms with Gasteiger partial charge in [-0.3, -0.25) is 9.59 Å². The fourth-order valence-corrected chi connectivity index (χ4v) is 1.47. The molecule has 0 heterocycles. The van der Waals surface area contributed by atoms with Gasteiger partial charge in [-0.15, -0.1) is 6.42 Å². The molecule has 0 aliphatic carbocycles. The zero-order chi connectivity index (χ0) is 16.4. The first-order valence-corrected chi connectivity index (χ1v) is 6.68. The van der Waals surface area contributed by atoms with Crippen LogP contribution in [0.2, 0.25) is 0 Å². The summed E-state index contributed by atoms with van der Waals surface area (Å²) in [4.78, 5) is 34.0. The van der Waals surface area contributed by atoms with Gasteiger partial charge in [-0.25, -0.2) is 4.79 Å². The van der Waals surface area contributed by atoms with E-state index in [0.29, 0.717) is 17.7 Å². The number of carbonyl (C=O) groups excluding carboxylic acids is 3. The number of ketones is 1. The van der Waals surface area contributed by atoms with Gasteiger partial charge in [0.05, 0.1) is 6.54 Å². The summed E-state index contributed by atoms with van der Waals surface area (Å²) in [5.74, 6) is 1.54. The van der Waals surface area contributed by atoms with Gasteiger partial charge < -0.3 is 14.8 Å². The van der Waals surface area contributed by atoms with Gasteiger partial charge in [-0.1, -0.05) is 12.8 Å². The van der Waals surface area contributed by atoms with E-state index in [1.165, 1.54) is 0 Å². The number of amides is 1. The monoisotopic (exact) mass is 303 g/mol. The van der Waals surface area contributed by atoms with Crippen molar-refractivity contribution >= 4 is 17.7 Å². The van der Waals surface area contributed by atoms with E-state index in [4.69, 9.17) is 15.9 Å². The van der Waals surface area contributed by atoms with Crippen molar-refractivity contribution in [2.75, 3.05) is 19.8 Å². The lowest BCUT2D eigenvalue weighted by molar-refractivity contribution is -0.150. The van der Waals surface area contributed by atoms with Crippen LogP contribution in [0.4, 0.5) is 0 Å². The lowest BCUT2D eigenvalue weighted by Crippen LogP contribution is -2.30. The van der Waals surface area contributed by atoms with E-state index in [-0.39, 0.29) is 18.9 Å². The third kappa shape index (κ3) is 6.09. The maximum Gasteiger partial charge on any atom is 0.344 e. The SMILES string of the molecule is C#CCNC(=O)COC(=O)COc1ccc(C(=O)CC)cc1. The summed E-state index contributed by atoms with van der Waals surface area (Å²) >= 11 is 0. The van der Waals surface area contributed by atoms with Crippen LogP contribution in [-0.2, 0) is 14.3 Å². The second kappa shape index (κ2) is 9.19. The number of esters is 1. The van der Waals surface area contributed by atoms with Crippen LogP contribution in [0, 0.1) is 12.3 Å². The quantitative estimate of drug-likeness (QED) is 0.439. The number of ether oxygens (including phenoxy) is 2. The number of hydrogen-bond acceptors (Lipinski definition) is 5. The van der Waals surface area contributed by atoms with Crippen molar-refractivity contribution in [1.29, 1.82) is 0 Å². The van der Waals surface area contributed by atoms with Crippen LogP contribution >= 0.6 is 0 Å². The molecule has 0 spiro atoms. The predicted molar refractivity (Wildman–Crippen MR) is 79.4 cm³/mol. The van der Waals surface area contributed by atoms with E-state index in [1.54, 1.807) is 31.2 Å². The smallest absolute Gasteiger partial charge is 0.344 e. The van der Waals surface area contributed by atoms with Gasteiger partial charge in [-0.05, 0) is 24.3 Å². The first-order valence-electron chi connectivity index (χ1n) is 6.68. The van der Waals surface area contributed by atoms with Crippen LogP contribution in [0.1, 0.15) is 23.7 Å². The molecule has 1 aromatic carbocycles. The molecule has 0 fully saturated rings. The largest absolute Gasteiger partial charge is 0.482 e. The van der Waals surface area contributed by atoms with Gasteiger partial charge in [0, 0.05) is 12.0 Å². The highest BCUT2D eigenvalue weighted by Crippen LogP contribution is 2.13. The molecule has 0 aliphatic rings. The van der Waals surface area contributed by atoms with E-state index >= 15 is 0 Å². The molecule has 0 atom stereocenters. The van der Waals surface area contributed by atoms with Gasteiger partial charge >= 0.3 is 5.97 Å². The number of hydrogen-bond donors (Lipinski definition) is 1. The second-order valence-electron chi connectivity index (χ2n) is 4.23. The van der Waals surface area contributed by atoms with Crippen LogP contribution in [-0.4, -0.2) is 37.4 Å². The molecule has 1 N–H and O–H groups in total. The summed E-state index contributed by atoms with van der Waals surface area (Å²) < 4.78 is 9.90. The lowest BCUT2D eigenvalue weighted by atomic mass is 10.1. The number of benzene rings is 1. The van der Waals surface area contributed by atoms with Crippen LogP contribution in [0.5, 0.6) is 5.75 Å². The van der Waals surface area contributed by atoms with Crippen molar-refractivity contribution in [2.45, 2.75) is 13.3 Å². The molecule has 1 aromatic rings. The Bertz CT molecular complexity index is 571. The van der Waals surface area contributed by atoms with Crippen molar-refractivity contribution in [2.24, 2.45) is 0 Å². The Balaban J connectivity index is 2.33. The third-order valence-corrected chi connectivity index (χ3v) is 2.61. The highest BCUT2D eigenvalue weighted by Gasteiger charge is 2.08. The predicted octanol–water partition coefficient (Wildman–Crippen LogP) is 0.951. The minimum Gasteiger partial charge on any atom is -0.482 e. The van der Waals surface area contributed by atoms with Crippen molar-refractivity contribution in [3.8, 4) is 18.1 Å². The summed E-state index contributed by atoms with van der Waals surface area (Å²) in [5, 5.41) is 2.36. The third-order valence-electron chi connectivity index (χ3n) is 2.61. The summed E-state index contributed by atoms with van der Waals surface area (Å²) in [5.41, 5.74) is 0.586. The summed E-state index contributed by atoms with van der Waals surface area (Å²) in [7, 11) is 0. The molecule has 0 aromatic heterocycles. The fourth-order valence-electron chi connectivity index (χ4n) is 1.47. The van der Waals surface area contributed by atoms with Crippen LogP contribution in [0.3, 0.4) is 0 Å². The van der Waals surface area contributed by atoms with E-state index in [1.807, 2.05) is 0 Å². The summed E-state index contributed by atoms with van der Waals surface area (Å²) in [6.45, 7) is 1.12. The Morgan fingerprint density at radius 1 is 1.18 bits per heavy atom. The number of carbonyl (C=O) groups is 3. The van der Waals surface area contributed by atoms with Crippen molar-refractivity contribution < 1.29 is 23.9 Å². The summed E-state index contributed by atoms with van der Waals surface area (Å²) in [6, 6.07) is 6.44. The molecule has 0 unspecified atom stereocenters. The molecular formula is C16H17NO5. The number of Topliss-reactive ketones (excluding diaryl/α,β-unsaturated/α-hetero) is 1. The molecular weight excluding hydrogens is 286 g/mol. The molecule has 1 amide bonds. The first-order chi connectivity index (χ1) is 10.6. The Morgan fingerprint density at radius 3 is 2.45 bits per heavy atom. The van der Waals surface area contributed by atoms with E-state index in [0.717, 1.165) is 0 Å². The average Bonchev–Trinajstić information content (AvgIpc) is 2.55. The minimum absolute atomic E-state index is 0.0314. The fraction of sp³-hybridized carbons (Fsp3) is 0.312. The van der Waals surface area contributed by atoms with Crippen molar-refractivity contribution in [3.05, 3.63) is 29.8 Å². The second-order valence-corrected chi connectivity index (χ2v) is 4.23. The molecule has 6 nitrogen and oxygen atoms in total. The molecule has 22 heavy (non-hydrogen) atoms. The minimum atomic E-state index is -0.676. The lowest BCUT2D eigenvalue weighted by Gasteiger charge is -2.07. The maximum absolute atomic E-state index is 11.4. The maximum atomic E-state index is 11.4. The van der Waals surface area contributed by atoms with Gasteiger partial charge in [0.2, 0.25) is 0 Å². The van der Waals surface area contributed by atoms with E-state index in [9.17, 15) is 14.4 Å². The van der Waals surface area contributed by atoms with Crippen LogP contribution in [0.15, 0.2) is 24.3 Å². The van der Waals surface area contributed by atoms with E-state index < -0.39 is 18.5 Å². The number of terminal acetylenes is 1. The number of rotatable bonds is 8. The molecule has 0 saturated carbocycles. The molecule has 0 aliphatic heterocycles. The Kier molecular flexibility index (Phi) is 7.20. The van der Waals surface area contributed by atoms with E-state index in [2.05, 4.69) is 11.2 Å². The molecule has 0 bridgehead atoms. The van der Waals surface area contributed by atoms with Gasteiger partial charge in [0.15, 0.2) is 19.0 Å². The van der Waals surface area contributed by atoms with Gasteiger partial charge in [0.25, 0.3) is 5.91 Å². The highest BCUT2D eigenvalue weighted by molar-refractivity contribution is 5.95. The zero-order valence-corrected chi connectivity index (χ0v) is 12.3. The molecule has 1 rings (SSSR count). The van der Waals surface area contributed by atoms with Gasteiger partial charge in [0.1, 0.15) is 5.75 Å². The standard InChI is InChI=1S/C16H17NO5/c1-3-9-17-15(19)10-22-16(20)11-21-13-7-5-12(6-8-13)14(18)4-2/h1,5-8H,4,9-11H2,2H3,(H,17,19).